The summed E-state index contributed by atoms with van der Waals surface area (Å²) in [6.07, 6.45) is 1.70. The number of methoxy groups -OCH3 is 1. The number of anilines is 2. The lowest BCUT2D eigenvalue weighted by Gasteiger charge is -2.40. The van der Waals surface area contributed by atoms with Crippen molar-refractivity contribution in [1.82, 2.24) is 14.8 Å². The Balaban J connectivity index is 1.70. The first-order chi connectivity index (χ1) is 18.1. The van der Waals surface area contributed by atoms with Crippen molar-refractivity contribution in [3.63, 3.8) is 0 Å². The number of carbonyl (C=O) groups excluding carboxylic acids is 2. The van der Waals surface area contributed by atoms with Gasteiger partial charge >= 0.3 is 0 Å². The van der Waals surface area contributed by atoms with Gasteiger partial charge in [-0.25, -0.2) is 13.8 Å². The highest BCUT2D eigenvalue weighted by atomic mass is 19.1. The Kier molecular flexibility index (Phi) is 6.50. The van der Waals surface area contributed by atoms with Gasteiger partial charge in [0.1, 0.15) is 29.5 Å². The maximum atomic E-state index is 16.2. The Morgan fingerprint density at radius 1 is 1.26 bits per heavy atom. The minimum atomic E-state index is -0.965. The number of nitrogen functional groups attached to an aromatic ring is 1. The summed E-state index contributed by atoms with van der Waals surface area (Å²) in [5.74, 6) is -2.54. The molecular formula is C27H31F2N5O4. The largest absolute Gasteiger partial charge is 0.487 e. The Morgan fingerprint density at radius 3 is 2.68 bits per heavy atom. The summed E-state index contributed by atoms with van der Waals surface area (Å²) in [6.45, 7) is 8.57. The highest BCUT2D eigenvalue weighted by Gasteiger charge is 2.46. The van der Waals surface area contributed by atoms with Crippen molar-refractivity contribution < 1.29 is 27.8 Å². The van der Waals surface area contributed by atoms with Gasteiger partial charge in [-0.15, -0.1) is 0 Å². The normalized spacial score (nSPS) is 22.4. The van der Waals surface area contributed by atoms with E-state index >= 15 is 4.39 Å². The van der Waals surface area contributed by atoms with Crippen LogP contribution in [-0.2, 0) is 9.53 Å². The molecule has 3 aliphatic heterocycles. The van der Waals surface area contributed by atoms with Crippen LogP contribution in [0.5, 0.6) is 5.75 Å². The monoisotopic (exact) mass is 527 g/mol. The molecule has 202 valence electrons. The number of piperazine rings is 1. The third kappa shape index (κ3) is 4.14. The molecule has 0 bridgehead atoms. The van der Waals surface area contributed by atoms with Crippen LogP contribution in [0.1, 0.15) is 30.6 Å². The number of nitrogens with zero attached hydrogens (tertiary/aromatic N) is 4. The van der Waals surface area contributed by atoms with Gasteiger partial charge < -0.3 is 29.9 Å². The Bertz CT molecular complexity index is 1300. The molecular weight excluding hydrogens is 496 g/mol. The quantitative estimate of drug-likeness (QED) is 0.482. The van der Waals surface area contributed by atoms with Crippen LogP contribution in [0.2, 0.25) is 0 Å². The number of fused-ring (bicyclic) bond motifs is 2. The smallest absolute Gasteiger partial charge is 0.262 e. The molecule has 11 heteroatoms. The molecule has 2 N–H and O–H groups in total. The van der Waals surface area contributed by atoms with Crippen LogP contribution in [-0.4, -0.2) is 84.2 Å². The van der Waals surface area contributed by atoms with Crippen LogP contribution < -0.4 is 15.4 Å². The molecule has 2 aromatic rings. The summed E-state index contributed by atoms with van der Waals surface area (Å²) in [5.41, 5.74) is 5.00. The van der Waals surface area contributed by atoms with Gasteiger partial charge in [-0.1, -0.05) is 12.6 Å². The summed E-state index contributed by atoms with van der Waals surface area (Å²) in [5, 5.41) is 0. The fourth-order valence-corrected chi connectivity index (χ4v) is 5.64. The van der Waals surface area contributed by atoms with Crippen LogP contribution in [0, 0.1) is 11.6 Å². The van der Waals surface area contributed by atoms with E-state index in [1.54, 1.807) is 16.9 Å². The minimum absolute atomic E-state index is 0.00805. The van der Waals surface area contributed by atoms with E-state index in [1.807, 2.05) is 18.7 Å². The van der Waals surface area contributed by atoms with Crippen LogP contribution in [0.4, 0.5) is 20.3 Å². The Morgan fingerprint density at radius 2 is 2.03 bits per heavy atom. The number of hydrogen-bond donors (Lipinski definition) is 1. The summed E-state index contributed by atoms with van der Waals surface area (Å²) < 4.78 is 42.8. The third-order valence-electron chi connectivity index (χ3n) is 7.66. The second-order valence-electron chi connectivity index (χ2n) is 10.4. The van der Waals surface area contributed by atoms with E-state index in [9.17, 15) is 14.0 Å². The number of nitrogens with two attached hydrogens (primary N) is 1. The van der Waals surface area contributed by atoms with E-state index in [-0.39, 0.29) is 65.8 Å². The molecule has 0 spiro atoms. The van der Waals surface area contributed by atoms with Gasteiger partial charge in [0.2, 0.25) is 5.91 Å². The van der Waals surface area contributed by atoms with Crippen molar-refractivity contribution in [2.75, 3.05) is 50.5 Å². The van der Waals surface area contributed by atoms with E-state index in [1.165, 1.54) is 24.3 Å². The molecule has 1 unspecified atom stereocenters. The predicted molar refractivity (Wildman–Crippen MR) is 138 cm³/mol. The van der Waals surface area contributed by atoms with Crippen LogP contribution in [0.25, 0.3) is 11.3 Å². The maximum absolute atomic E-state index is 16.2. The predicted octanol–water partition coefficient (Wildman–Crippen LogP) is 2.84. The van der Waals surface area contributed by atoms with Gasteiger partial charge in [-0.3, -0.25) is 9.59 Å². The summed E-state index contributed by atoms with van der Waals surface area (Å²) in [6, 6.07) is 3.55. The van der Waals surface area contributed by atoms with Gasteiger partial charge in [-0.2, -0.15) is 0 Å². The molecule has 2 saturated heterocycles. The molecule has 2 amide bonds. The Hall–Kier alpha value is -3.73. The number of pyridine rings is 1. The van der Waals surface area contributed by atoms with Crippen LogP contribution in [0.3, 0.4) is 0 Å². The first-order valence-corrected chi connectivity index (χ1v) is 12.5. The van der Waals surface area contributed by atoms with Gasteiger partial charge in [0.05, 0.1) is 17.7 Å². The number of aromatic nitrogens is 1. The number of benzene rings is 1. The topological polar surface area (TPSA) is 101 Å². The second kappa shape index (κ2) is 9.54. The summed E-state index contributed by atoms with van der Waals surface area (Å²) in [4.78, 5) is 35.9. The van der Waals surface area contributed by atoms with Crippen molar-refractivity contribution in [3.8, 4) is 17.0 Å². The zero-order chi connectivity index (χ0) is 27.4. The lowest BCUT2D eigenvalue weighted by Crippen LogP contribution is -2.57. The molecule has 5 rings (SSSR count). The fraction of sp³-hybridized carbons (Fsp3) is 0.444. The number of halogens is 2. The van der Waals surface area contributed by atoms with Crippen LogP contribution >= 0.6 is 0 Å². The van der Waals surface area contributed by atoms with E-state index in [2.05, 4.69) is 11.6 Å². The molecule has 0 radical (unpaired) electrons. The number of hydrogen-bond acceptors (Lipinski definition) is 7. The lowest BCUT2D eigenvalue weighted by atomic mass is 9.99. The van der Waals surface area contributed by atoms with Crippen molar-refractivity contribution in [2.45, 2.75) is 38.0 Å². The molecule has 38 heavy (non-hydrogen) atoms. The third-order valence-corrected chi connectivity index (χ3v) is 7.66. The van der Waals surface area contributed by atoms with Crippen molar-refractivity contribution in [3.05, 3.63) is 48.1 Å². The van der Waals surface area contributed by atoms with E-state index in [4.69, 9.17) is 15.2 Å². The lowest BCUT2D eigenvalue weighted by molar-refractivity contribution is -0.128. The SMILES string of the molecule is C=CC(=O)N1CCN2C(=O)c3c(N4CC(OC)CC4(C)C)nc(-c4c(N)cccc4F)c(F)c3OC[C@H]2C1. The molecule has 1 aromatic carbocycles. The second-order valence-corrected chi connectivity index (χ2v) is 10.4. The molecule has 3 aliphatic rings. The number of amides is 2. The highest BCUT2D eigenvalue weighted by Crippen LogP contribution is 2.45. The molecule has 1 aromatic heterocycles. The molecule has 4 heterocycles. The summed E-state index contributed by atoms with van der Waals surface area (Å²) >= 11 is 0. The van der Waals surface area contributed by atoms with Gasteiger partial charge in [0.15, 0.2) is 11.6 Å². The fourth-order valence-electron chi connectivity index (χ4n) is 5.64. The standard InChI is InChI=1S/C27H31F2N5O4/c1-5-19(35)32-9-10-33-15(12-32)14-38-24-21(26(33)36)25(34-13-16(37-4)11-27(34,2)3)31-23(22(24)29)20-17(28)7-6-8-18(20)30/h5-8,15-16H,1,9-14,30H2,2-4H3/t15-,16?/m1/s1. The van der Waals surface area contributed by atoms with Crippen molar-refractivity contribution in [1.29, 1.82) is 0 Å². The highest BCUT2D eigenvalue weighted by molar-refractivity contribution is 6.03. The minimum Gasteiger partial charge on any atom is -0.487 e. The van der Waals surface area contributed by atoms with Crippen molar-refractivity contribution in [2.24, 2.45) is 0 Å². The van der Waals surface area contributed by atoms with Gasteiger partial charge in [-0.05, 0) is 38.5 Å². The van der Waals surface area contributed by atoms with Crippen LogP contribution in [0.15, 0.2) is 30.9 Å². The number of carbonyl (C=O) groups is 2. The molecule has 2 atom stereocenters. The molecule has 0 saturated carbocycles. The number of rotatable bonds is 4. The van der Waals surface area contributed by atoms with E-state index in [0.29, 0.717) is 19.5 Å². The van der Waals surface area contributed by atoms with E-state index in [0.717, 1.165) is 0 Å². The molecule has 0 aliphatic carbocycles. The molecule has 9 nitrogen and oxygen atoms in total. The Labute approximate surface area is 219 Å². The first-order valence-electron chi connectivity index (χ1n) is 12.5. The van der Waals surface area contributed by atoms with Gasteiger partial charge in [0, 0.05) is 44.5 Å². The van der Waals surface area contributed by atoms with Gasteiger partial charge in [0.25, 0.3) is 5.91 Å². The summed E-state index contributed by atoms with van der Waals surface area (Å²) in [7, 11) is 1.61. The average molecular weight is 528 g/mol. The molecule has 2 fully saturated rings. The maximum Gasteiger partial charge on any atom is 0.262 e. The van der Waals surface area contributed by atoms with E-state index < -0.39 is 29.1 Å². The zero-order valence-corrected chi connectivity index (χ0v) is 21.7. The zero-order valence-electron chi connectivity index (χ0n) is 21.7. The first kappa shape index (κ1) is 25.9. The van der Waals surface area contributed by atoms with Crippen molar-refractivity contribution >= 4 is 23.3 Å². The number of ether oxygens (including phenoxy) is 2. The average Bonchev–Trinajstić information content (AvgIpc) is 3.12.